The molecule has 0 bridgehead atoms. The van der Waals surface area contributed by atoms with Gasteiger partial charge in [-0.2, -0.15) is 0 Å². The zero-order valence-corrected chi connectivity index (χ0v) is 13.2. The number of hydrogen-bond acceptors (Lipinski definition) is 2. The predicted octanol–water partition coefficient (Wildman–Crippen LogP) is 3.56. The number of halogens is 1. The molecule has 0 aliphatic heterocycles. The van der Waals surface area contributed by atoms with Crippen molar-refractivity contribution >= 4 is 5.91 Å². The summed E-state index contributed by atoms with van der Waals surface area (Å²) in [6.45, 7) is 1.95. The monoisotopic (exact) mass is 315 g/mol. The summed E-state index contributed by atoms with van der Waals surface area (Å²) in [6, 6.07) is 15.6. The van der Waals surface area contributed by atoms with Crippen LogP contribution in [0.25, 0.3) is 0 Å². The number of carbonyl (C=O) groups is 1. The second kappa shape index (κ2) is 8.44. The Morgan fingerprint density at radius 3 is 2.35 bits per heavy atom. The Labute approximate surface area is 136 Å². The van der Waals surface area contributed by atoms with E-state index in [0.717, 1.165) is 11.1 Å². The fraction of sp³-hybridized carbons (Fsp3) is 0.316. The maximum atomic E-state index is 13.0. The second-order valence-corrected chi connectivity index (χ2v) is 5.70. The Kier molecular flexibility index (Phi) is 6.29. The first-order chi connectivity index (χ1) is 11.1. The summed E-state index contributed by atoms with van der Waals surface area (Å²) in [4.78, 5) is 12.3. The molecule has 0 aliphatic rings. The third-order valence-corrected chi connectivity index (χ3v) is 3.89. The normalized spacial score (nSPS) is 13.3. The lowest BCUT2D eigenvalue weighted by Crippen LogP contribution is -2.30. The molecule has 0 saturated heterocycles. The van der Waals surface area contributed by atoms with Gasteiger partial charge in [-0.05, 0) is 35.6 Å². The van der Waals surface area contributed by atoms with Crippen molar-refractivity contribution in [1.29, 1.82) is 0 Å². The van der Waals surface area contributed by atoms with Gasteiger partial charge in [0.1, 0.15) is 5.82 Å². The molecule has 1 amide bonds. The molecule has 2 N–H and O–H groups in total. The Balaban J connectivity index is 1.97. The van der Waals surface area contributed by atoms with E-state index in [1.165, 1.54) is 12.1 Å². The molecule has 3 nitrogen and oxygen atoms in total. The van der Waals surface area contributed by atoms with E-state index in [0.29, 0.717) is 12.8 Å². The van der Waals surface area contributed by atoms with Crippen LogP contribution in [0.3, 0.4) is 0 Å². The lowest BCUT2D eigenvalue weighted by atomic mass is 9.96. The summed E-state index contributed by atoms with van der Waals surface area (Å²) in [7, 11) is 0. The fourth-order valence-corrected chi connectivity index (χ4v) is 2.58. The van der Waals surface area contributed by atoms with Crippen LogP contribution < -0.4 is 5.32 Å². The Bertz CT molecular complexity index is 613. The van der Waals surface area contributed by atoms with Crippen LogP contribution in [-0.2, 0) is 4.79 Å². The van der Waals surface area contributed by atoms with Gasteiger partial charge >= 0.3 is 0 Å². The smallest absolute Gasteiger partial charge is 0.221 e. The van der Waals surface area contributed by atoms with E-state index < -0.39 is 0 Å². The maximum Gasteiger partial charge on any atom is 0.221 e. The van der Waals surface area contributed by atoms with Crippen LogP contribution in [0.5, 0.6) is 0 Å². The summed E-state index contributed by atoms with van der Waals surface area (Å²) in [5.74, 6) is -0.359. The van der Waals surface area contributed by atoms with Gasteiger partial charge in [-0.3, -0.25) is 4.79 Å². The molecule has 0 heterocycles. The number of aliphatic hydroxyl groups is 1. The minimum Gasteiger partial charge on any atom is -0.396 e. The summed E-state index contributed by atoms with van der Waals surface area (Å²) in [5, 5.41) is 12.2. The number of benzene rings is 2. The number of aliphatic hydroxyl groups excluding tert-OH is 1. The molecule has 0 saturated carbocycles. The molecule has 0 fully saturated rings. The van der Waals surface area contributed by atoms with Crippen LogP contribution in [0, 0.1) is 5.82 Å². The zero-order valence-electron chi connectivity index (χ0n) is 13.2. The lowest BCUT2D eigenvalue weighted by Gasteiger charge is -2.20. The summed E-state index contributed by atoms with van der Waals surface area (Å²) in [5.41, 5.74) is 1.91. The average Bonchev–Trinajstić information content (AvgIpc) is 2.55. The molecule has 0 aromatic heterocycles. The topological polar surface area (TPSA) is 49.3 Å². The van der Waals surface area contributed by atoms with Gasteiger partial charge < -0.3 is 10.4 Å². The molecular weight excluding hydrogens is 293 g/mol. The number of amides is 1. The van der Waals surface area contributed by atoms with E-state index in [-0.39, 0.29) is 30.3 Å². The van der Waals surface area contributed by atoms with E-state index >= 15 is 0 Å². The number of rotatable bonds is 7. The first-order valence-electron chi connectivity index (χ1n) is 7.80. The number of nitrogens with one attached hydrogen (secondary N) is 1. The highest BCUT2D eigenvalue weighted by Crippen LogP contribution is 2.21. The highest BCUT2D eigenvalue weighted by Gasteiger charge is 2.17. The van der Waals surface area contributed by atoms with Crippen molar-refractivity contribution in [1.82, 2.24) is 5.32 Å². The molecule has 2 unspecified atom stereocenters. The standard InChI is InChI=1S/C19H22FNO2/c1-14(15-7-9-17(20)10-8-15)13-19(23)21-18(11-12-22)16-5-3-2-4-6-16/h2-10,14,18,22H,11-13H2,1H3,(H,21,23). The van der Waals surface area contributed by atoms with Crippen LogP contribution in [0.1, 0.15) is 42.9 Å². The molecule has 23 heavy (non-hydrogen) atoms. The maximum absolute atomic E-state index is 13.0. The second-order valence-electron chi connectivity index (χ2n) is 5.70. The zero-order chi connectivity index (χ0) is 16.7. The fourth-order valence-electron chi connectivity index (χ4n) is 2.58. The Morgan fingerprint density at radius 1 is 1.09 bits per heavy atom. The SMILES string of the molecule is CC(CC(=O)NC(CCO)c1ccccc1)c1ccc(F)cc1. The van der Waals surface area contributed by atoms with Crippen LogP contribution in [0.15, 0.2) is 54.6 Å². The Hall–Kier alpha value is -2.20. The van der Waals surface area contributed by atoms with Gasteiger partial charge in [0, 0.05) is 13.0 Å². The first-order valence-corrected chi connectivity index (χ1v) is 7.80. The predicted molar refractivity (Wildman–Crippen MR) is 88.5 cm³/mol. The van der Waals surface area contributed by atoms with Crippen LogP contribution in [0.4, 0.5) is 4.39 Å². The van der Waals surface area contributed by atoms with E-state index in [1.807, 2.05) is 37.3 Å². The van der Waals surface area contributed by atoms with Crippen LogP contribution >= 0.6 is 0 Å². The van der Waals surface area contributed by atoms with Gasteiger partial charge in [0.05, 0.1) is 6.04 Å². The molecular formula is C19H22FNO2. The van der Waals surface area contributed by atoms with Crippen molar-refractivity contribution in [2.24, 2.45) is 0 Å². The van der Waals surface area contributed by atoms with Crippen LogP contribution in [-0.4, -0.2) is 17.6 Å². The number of hydrogen-bond donors (Lipinski definition) is 2. The van der Waals surface area contributed by atoms with Gasteiger partial charge in [0.25, 0.3) is 0 Å². The minimum absolute atomic E-state index is 0.00106. The minimum atomic E-state index is -0.280. The van der Waals surface area contributed by atoms with Crippen molar-refractivity contribution in [2.75, 3.05) is 6.61 Å². The van der Waals surface area contributed by atoms with Crippen LogP contribution in [0.2, 0.25) is 0 Å². The third-order valence-electron chi connectivity index (χ3n) is 3.89. The van der Waals surface area contributed by atoms with Gasteiger partial charge in [-0.25, -0.2) is 4.39 Å². The molecule has 122 valence electrons. The molecule has 0 spiro atoms. The highest BCUT2D eigenvalue weighted by atomic mass is 19.1. The number of carbonyl (C=O) groups excluding carboxylic acids is 1. The summed E-state index contributed by atoms with van der Waals surface area (Å²) in [6.07, 6.45) is 0.793. The first kappa shape index (κ1) is 17.2. The van der Waals surface area contributed by atoms with Crippen molar-refractivity contribution in [3.05, 3.63) is 71.5 Å². The van der Waals surface area contributed by atoms with E-state index in [1.54, 1.807) is 12.1 Å². The van der Waals surface area contributed by atoms with Gasteiger partial charge in [0.15, 0.2) is 0 Å². The average molecular weight is 315 g/mol. The largest absolute Gasteiger partial charge is 0.396 e. The van der Waals surface area contributed by atoms with E-state index in [4.69, 9.17) is 0 Å². The summed E-state index contributed by atoms with van der Waals surface area (Å²) >= 11 is 0. The lowest BCUT2D eigenvalue weighted by molar-refractivity contribution is -0.122. The molecule has 4 heteroatoms. The van der Waals surface area contributed by atoms with Gasteiger partial charge in [-0.15, -0.1) is 0 Å². The van der Waals surface area contributed by atoms with E-state index in [9.17, 15) is 14.3 Å². The van der Waals surface area contributed by atoms with Crippen molar-refractivity contribution in [3.8, 4) is 0 Å². The molecule has 0 radical (unpaired) electrons. The molecule has 0 aliphatic carbocycles. The third kappa shape index (κ3) is 5.18. The van der Waals surface area contributed by atoms with E-state index in [2.05, 4.69) is 5.32 Å². The highest BCUT2D eigenvalue weighted by molar-refractivity contribution is 5.77. The van der Waals surface area contributed by atoms with Crippen molar-refractivity contribution in [3.63, 3.8) is 0 Å². The molecule has 2 atom stereocenters. The van der Waals surface area contributed by atoms with Crippen molar-refractivity contribution < 1.29 is 14.3 Å². The summed E-state index contributed by atoms with van der Waals surface area (Å²) < 4.78 is 13.0. The van der Waals surface area contributed by atoms with Gasteiger partial charge in [-0.1, -0.05) is 49.4 Å². The quantitative estimate of drug-likeness (QED) is 0.821. The Morgan fingerprint density at radius 2 is 1.74 bits per heavy atom. The molecule has 2 rings (SSSR count). The molecule has 2 aromatic rings. The molecule has 2 aromatic carbocycles. The van der Waals surface area contributed by atoms with Gasteiger partial charge in [0.2, 0.25) is 5.91 Å². The van der Waals surface area contributed by atoms with Crippen molar-refractivity contribution in [2.45, 2.75) is 31.7 Å².